The molecule has 4 nitrogen and oxygen atoms in total. The zero-order valence-corrected chi connectivity index (χ0v) is 13.5. The van der Waals surface area contributed by atoms with Crippen molar-refractivity contribution in [3.05, 3.63) is 35.9 Å². The summed E-state index contributed by atoms with van der Waals surface area (Å²) < 4.78 is 0. The molecule has 1 saturated heterocycles. The van der Waals surface area contributed by atoms with Gasteiger partial charge in [-0.05, 0) is 31.2 Å². The van der Waals surface area contributed by atoms with Crippen LogP contribution in [0.15, 0.2) is 30.3 Å². The lowest BCUT2D eigenvalue weighted by molar-refractivity contribution is -0.145. The maximum absolute atomic E-state index is 13.0. The molecule has 0 unspecified atom stereocenters. The Labute approximate surface area is 137 Å². The monoisotopic (exact) mass is 312 g/mol. The maximum atomic E-state index is 13.0. The van der Waals surface area contributed by atoms with Crippen molar-refractivity contribution in [2.24, 2.45) is 5.92 Å². The molecule has 1 aromatic rings. The molecule has 1 aliphatic heterocycles. The number of hydrogen-bond acceptors (Lipinski definition) is 2. The lowest BCUT2D eigenvalue weighted by atomic mass is 9.84. The molecule has 4 rings (SSSR count). The maximum Gasteiger partial charge on any atom is 0.233 e. The fraction of sp³-hybridized carbons (Fsp3) is 0.579. The van der Waals surface area contributed by atoms with E-state index in [2.05, 4.69) is 12.1 Å². The van der Waals surface area contributed by atoms with Crippen molar-refractivity contribution < 1.29 is 9.59 Å². The number of carbonyl (C=O) groups excluding carboxylic acids is 2. The van der Waals surface area contributed by atoms with Crippen LogP contribution in [-0.2, 0) is 15.0 Å². The van der Waals surface area contributed by atoms with E-state index in [1.54, 1.807) is 0 Å². The minimum Gasteiger partial charge on any atom is -0.339 e. The summed E-state index contributed by atoms with van der Waals surface area (Å²) in [5, 5.41) is 0. The second kappa shape index (κ2) is 5.66. The Balaban J connectivity index is 1.39. The Bertz CT molecular complexity index is 597. The van der Waals surface area contributed by atoms with E-state index in [4.69, 9.17) is 0 Å². The molecule has 2 saturated carbocycles. The second-order valence-electron chi connectivity index (χ2n) is 7.19. The average molecular weight is 312 g/mol. The van der Waals surface area contributed by atoms with Gasteiger partial charge in [0.05, 0.1) is 5.41 Å². The molecule has 3 fully saturated rings. The molecule has 0 aromatic heterocycles. The largest absolute Gasteiger partial charge is 0.339 e. The van der Waals surface area contributed by atoms with Crippen LogP contribution < -0.4 is 0 Å². The number of piperazine rings is 1. The molecule has 2 aliphatic carbocycles. The van der Waals surface area contributed by atoms with Crippen LogP contribution in [0.2, 0.25) is 0 Å². The molecular formula is C19H24N2O2. The van der Waals surface area contributed by atoms with Gasteiger partial charge in [-0.25, -0.2) is 0 Å². The van der Waals surface area contributed by atoms with Crippen molar-refractivity contribution in [3.63, 3.8) is 0 Å². The van der Waals surface area contributed by atoms with E-state index >= 15 is 0 Å². The third-order valence-corrected chi connectivity index (χ3v) is 5.82. The van der Waals surface area contributed by atoms with E-state index in [1.807, 2.05) is 28.0 Å². The number of nitrogens with zero attached hydrogens (tertiary/aromatic N) is 2. The number of amides is 2. The summed E-state index contributed by atoms with van der Waals surface area (Å²) >= 11 is 0. The van der Waals surface area contributed by atoms with Gasteiger partial charge in [-0.3, -0.25) is 9.59 Å². The summed E-state index contributed by atoms with van der Waals surface area (Å²) in [5.74, 6) is 0.836. The van der Waals surface area contributed by atoms with Crippen molar-refractivity contribution in [2.45, 2.75) is 37.5 Å². The van der Waals surface area contributed by atoms with Crippen molar-refractivity contribution in [1.82, 2.24) is 9.80 Å². The van der Waals surface area contributed by atoms with Crippen LogP contribution in [0.1, 0.15) is 37.7 Å². The summed E-state index contributed by atoms with van der Waals surface area (Å²) in [5.41, 5.74) is 0.875. The lowest BCUT2D eigenvalue weighted by Crippen LogP contribution is -2.54. The van der Waals surface area contributed by atoms with Gasteiger partial charge in [-0.2, -0.15) is 0 Å². The summed E-state index contributed by atoms with van der Waals surface area (Å²) in [6, 6.07) is 10.2. The first-order valence-electron chi connectivity index (χ1n) is 8.84. The first kappa shape index (κ1) is 14.7. The van der Waals surface area contributed by atoms with Gasteiger partial charge >= 0.3 is 0 Å². The van der Waals surface area contributed by atoms with Crippen LogP contribution in [0.4, 0.5) is 0 Å². The Kier molecular flexibility index (Phi) is 3.63. The molecule has 1 heterocycles. The predicted octanol–water partition coefficient (Wildman–Crippen LogP) is 2.19. The summed E-state index contributed by atoms with van der Waals surface area (Å²) in [6.07, 6.45) is 5.20. The highest BCUT2D eigenvalue weighted by molar-refractivity contribution is 5.91. The van der Waals surface area contributed by atoms with E-state index in [1.165, 1.54) is 6.42 Å². The molecule has 0 spiro atoms. The zero-order valence-electron chi connectivity index (χ0n) is 13.5. The highest BCUT2D eigenvalue weighted by atomic mass is 16.2. The van der Waals surface area contributed by atoms with Crippen molar-refractivity contribution >= 4 is 11.8 Å². The van der Waals surface area contributed by atoms with Crippen molar-refractivity contribution in [2.75, 3.05) is 26.2 Å². The van der Waals surface area contributed by atoms with Gasteiger partial charge in [0.2, 0.25) is 11.8 Å². The topological polar surface area (TPSA) is 40.6 Å². The van der Waals surface area contributed by atoms with Gasteiger partial charge in [0.15, 0.2) is 0 Å². The molecule has 23 heavy (non-hydrogen) atoms. The quantitative estimate of drug-likeness (QED) is 0.858. The average Bonchev–Trinajstić information content (AvgIpc) is 3.35. The van der Waals surface area contributed by atoms with E-state index in [0.29, 0.717) is 32.1 Å². The van der Waals surface area contributed by atoms with Gasteiger partial charge in [0, 0.05) is 32.1 Å². The standard InChI is InChI=1S/C19H24N2O2/c22-17(15-5-4-6-15)20-11-13-21(14-12-20)18(23)19(9-10-19)16-7-2-1-3-8-16/h1-3,7-8,15H,4-6,9-14H2. The Morgan fingerprint density at radius 1 is 0.913 bits per heavy atom. The van der Waals surface area contributed by atoms with Crippen LogP contribution in [0.25, 0.3) is 0 Å². The molecule has 2 amide bonds. The minimum absolute atomic E-state index is 0.261. The van der Waals surface area contributed by atoms with E-state index in [9.17, 15) is 9.59 Å². The van der Waals surface area contributed by atoms with E-state index in [0.717, 1.165) is 31.2 Å². The molecule has 0 radical (unpaired) electrons. The van der Waals surface area contributed by atoms with Gasteiger partial charge in [-0.1, -0.05) is 36.8 Å². The number of hydrogen-bond donors (Lipinski definition) is 0. The van der Waals surface area contributed by atoms with E-state index < -0.39 is 0 Å². The molecule has 122 valence electrons. The summed E-state index contributed by atoms with van der Waals surface area (Å²) in [6.45, 7) is 2.77. The smallest absolute Gasteiger partial charge is 0.233 e. The highest BCUT2D eigenvalue weighted by Gasteiger charge is 2.53. The number of benzene rings is 1. The lowest BCUT2D eigenvalue weighted by Gasteiger charge is -2.39. The van der Waals surface area contributed by atoms with Crippen LogP contribution in [0.5, 0.6) is 0 Å². The van der Waals surface area contributed by atoms with Gasteiger partial charge in [-0.15, -0.1) is 0 Å². The molecule has 4 heteroatoms. The molecule has 3 aliphatic rings. The van der Waals surface area contributed by atoms with Crippen LogP contribution in [0, 0.1) is 5.92 Å². The molecule has 0 bridgehead atoms. The third-order valence-electron chi connectivity index (χ3n) is 5.82. The Morgan fingerprint density at radius 2 is 1.52 bits per heavy atom. The van der Waals surface area contributed by atoms with Gasteiger partial charge in [0.1, 0.15) is 0 Å². The van der Waals surface area contributed by atoms with E-state index in [-0.39, 0.29) is 17.2 Å². The third kappa shape index (κ3) is 2.54. The normalized spacial score (nSPS) is 23.3. The number of rotatable bonds is 3. The Morgan fingerprint density at radius 3 is 2.04 bits per heavy atom. The summed E-state index contributed by atoms with van der Waals surface area (Å²) in [4.78, 5) is 29.2. The second-order valence-corrected chi connectivity index (χ2v) is 7.19. The van der Waals surface area contributed by atoms with Crippen molar-refractivity contribution in [1.29, 1.82) is 0 Å². The van der Waals surface area contributed by atoms with Crippen LogP contribution in [-0.4, -0.2) is 47.8 Å². The summed E-state index contributed by atoms with van der Waals surface area (Å²) in [7, 11) is 0. The first-order valence-corrected chi connectivity index (χ1v) is 8.84. The molecule has 0 atom stereocenters. The molecule has 0 N–H and O–H groups in total. The van der Waals surface area contributed by atoms with Gasteiger partial charge < -0.3 is 9.80 Å². The Hall–Kier alpha value is -1.84. The minimum atomic E-state index is -0.276. The van der Waals surface area contributed by atoms with Gasteiger partial charge in [0.25, 0.3) is 0 Å². The SMILES string of the molecule is O=C(C1CCC1)N1CCN(C(=O)C2(c3ccccc3)CC2)CC1. The fourth-order valence-electron chi connectivity index (χ4n) is 3.85. The molecular weight excluding hydrogens is 288 g/mol. The predicted molar refractivity (Wildman–Crippen MR) is 87.9 cm³/mol. The number of carbonyl (C=O) groups is 2. The zero-order chi connectivity index (χ0) is 15.9. The fourth-order valence-corrected chi connectivity index (χ4v) is 3.85. The first-order chi connectivity index (χ1) is 11.2. The molecule has 1 aromatic carbocycles. The van der Waals surface area contributed by atoms with Crippen molar-refractivity contribution in [3.8, 4) is 0 Å². The highest BCUT2D eigenvalue weighted by Crippen LogP contribution is 2.49. The van der Waals surface area contributed by atoms with Crippen LogP contribution >= 0.6 is 0 Å². The van der Waals surface area contributed by atoms with Crippen LogP contribution in [0.3, 0.4) is 0 Å².